The molecule has 3 heterocycles. The lowest BCUT2D eigenvalue weighted by molar-refractivity contribution is 0.0740. The molecule has 1 aliphatic rings. The van der Waals surface area contributed by atoms with Gasteiger partial charge in [-0.2, -0.15) is 9.49 Å². The first-order valence-corrected chi connectivity index (χ1v) is 9.51. The van der Waals surface area contributed by atoms with E-state index in [9.17, 15) is 18.0 Å². The number of benzene rings is 1. The number of carbonyl (C=O) groups excluding carboxylic acids is 1. The molecule has 0 radical (unpaired) electrons. The lowest BCUT2D eigenvalue weighted by Crippen LogP contribution is -2.49. The van der Waals surface area contributed by atoms with Gasteiger partial charge in [-0.3, -0.25) is 4.79 Å². The maximum atomic E-state index is 14.4. The maximum Gasteiger partial charge on any atom is 0.257 e. The van der Waals surface area contributed by atoms with Gasteiger partial charge in [0, 0.05) is 32.4 Å². The molecule has 11 heteroatoms. The van der Waals surface area contributed by atoms with Crippen LogP contribution in [0.4, 0.5) is 19.0 Å². The first-order valence-electron chi connectivity index (χ1n) is 9.51. The van der Waals surface area contributed by atoms with Crippen molar-refractivity contribution in [3.8, 4) is 11.6 Å². The highest BCUT2D eigenvalue weighted by atomic mass is 19.2. The van der Waals surface area contributed by atoms with E-state index < -0.39 is 34.7 Å². The zero-order valence-corrected chi connectivity index (χ0v) is 16.8. The molecule has 3 aromatic rings. The molecule has 4 rings (SSSR count). The van der Waals surface area contributed by atoms with Gasteiger partial charge in [0.2, 0.25) is 5.82 Å². The van der Waals surface area contributed by atoms with Crippen molar-refractivity contribution in [2.45, 2.75) is 6.92 Å². The lowest BCUT2D eigenvalue weighted by atomic mass is 10.1. The van der Waals surface area contributed by atoms with E-state index in [1.807, 2.05) is 17.9 Å². The quantitative estimate of drug-likeness (QED) is 0.590. The summed E-state index contributed by atoms with van der Waals surface area (Å²) in [5.41, 5.74) is 0.296. The van der Waals surface area contributed by atoms with E-state index in [-0.39, 0.29) is 13.1 Å². The van der Waals surface area contributed by atoms with Crippen LogP contribution in [0.25, 0.3) is 5.82 Å². The van der Waals surface area contributed by atoms with Crippen LogP contribution >= 0.6 is 0 Å². The van der Waals surface area contributed by atoms with Crippen LogP contribution < -0.4 is 9.64 Å². The van der Waals surface area contributed by atoms with Crippen LogP contribution in [0, 0.1) is 24.4 Å². The number of amides is 1. The minimum Gasteiger partial charge on any atom is -0.491 e. The highest BCUT2D eigenvalue weighted by Gasteiger charge is 2.29. The number of aromatic nitrogens is 4. The van der Waals surface area contributed by atoms with Crippen molar-refractivity contribution in [1.29, 1.82) is 0 Å². The van der Waals surface area contributed by atoms with Crippen molar-refractivity contribution in [1.82, 2.24) is 24.9 Å². The molecule has 0 unspecified atom stereocenters. The number of rotatable bonds is 4. The zero-order chi connectivity index (χ0) is 22.1. The van der Waals surface area contributed by atoms with Crippen molar-refractivity contribution in [2.24, 2.45) is 0 Å². The largest absolute Gasteiger partial charge is 0.491 e. The third kappa shape index (κ3) is 3.90. The van der Waals surface area contributed by atoms with Crippen molar-refractivity contribution < 1.29 is 22.7 Å². The van der Waals surface area contributed by atoms with Crippen LogP contribution in [0.5, 0.6) is 5.75 Å². The molecule has 0 spiro atoms. The Morgan fingerprint density at radius 3 is 2.26 bits per heavy atom. The van der Waals surface area contributed by atoms with Gasteiger partial charge < -0.3 is 14.5 Å². The molecule has 31 heavy (non-hydrogen) atoms. The van der Waals surface area contributed by atoms with Gasteiger partial charge in [-0.05, 0) is 31.2 Å². The van der Waals surface area contributed by atoms with Crippen molar-refractivity contribution in [3.05, 3.63) is 59.2 Å². The number of anilines is 1. The number of ether oxygens (including phenoxy) is 1. The number of aryl methyl sites for hydroxylation is 1. The van der Waals surface area contributed by atoms with Gasteiger partial charge in [0.05, 0.1) is 18.4 Å². The standard InChI is InChI=1S/C20H19F3N6O2/c1-12-5-6-29(26-12)16-4-3-15(24-25-16)27-7-9-28(10-8-27)20(30)13-11-14(21)18(23)19(31-2)17(13)22/h3-6,11H,7-10H2,1-2H3. The number of hydrogen-bond donors (Lipinski definition) is 0. The predicted octanol–water partition coefficient (Wildman–Crippen LogP) is 2.36. The monoisotopic (exact) mass is 432 g/mol. The average Bonchev–Trinajstić information content (AvgIpc) is 3.23. The summed E-state index contributed by atoms with van der Waals surface area (Å²) in [5.74, 6) is -4.47. The molecule has 2 aromatic heterocycles. The maximum absolute atomic E-state index is 14.4. The second-order valence-corrected chi connectivity index (χ2v) is 7.00. The fraction of sp³-hybridized carbons (Fsp3) is 0.300. The van der Waals surface area contributed by atoms with Crippen molar-refractivity contribution >= 4 is 11.7 Å². The minimum absolute atomic E-state index is 0.251. The molecule has 8 nitrogen and oxygen atoms in total. The van der Waals surface area contributed by atoms with Gasteiger partial charge in [0.15, 0.2) is 29.0 Å². The Labute approximate surface area is 175 Å². The minimum atomic E-state index is -1.46. The molecule has 1 saturated heterocycles. The van der Waals surface area contributed by atoms with Crippen LogP contribution in [0.15, 0.2) is 30.5 Å². The fourth-order valence-corrected chi connectivity index (χ4v) is 3.38. The SMILES string of the molecule is COc1c(F)c(F)cc(C(=O)N2CCN(c3ccc(-n4ccc(C)n4)nn3)CC2)c1F. The third-order valence-electron chi connectivity index (χ3n) is 5.03. The molecule has 0 N–H and O–H groups in total. The van der Waals surface area contributed by atoms with E-state index in [4.69, 9.17) is 0 Å². The zero-order valence-electron chi connectivity index (χ0n) is 16.8. The number of nitrogens with zero attached hydrogens (tertiary/aromatic N) is 6. The topological polar surface area (TPSA) is 76.4 Å². The number of carbonyl (C=O) groups is 1. The summed E-state index contributed by atoms with van der Waals surface area (Å²) in [7, 11) is 1.01. The van der Waals surface area contributed by atoms with E-state index in [1.165, 1.54) is 4.90 Å². The molecule has 0 saturated carbocycles. The summed E-state index contributed by atoms with van der Waals surface area (Å²) in [6.07, 6.45) is 1.79. The second kappa shape index (κ2) is 8.25. The summed E-state index contributed by atoms with van der Waals surface area (Å²) in [5, 5.41) is 12.7. The van der Waals surface area contributed by atoms with Crippen molar-refractivity contribution in [2.75, 3.05) is 38.2 Å². The number of halogens is 3. The van der Waals surface area contributed by atoms with Crippen molar-refractivity contribution in [3.63, 3.8) is 0 Å². The molecule has 1 aromatic carbocycles. The van der Waals surface area contributed by atoms with E-state index in [0.717, 1.165) is 12.8 Å². The van der Waals surface area contributed by atoms with Gasteiger partial charge in [-0.1, -0.05) is 0 Å². The molecule has 0 atom stereocenters. The summed E-state index contributed by atoms with van der Waals surface area (Å²) in [6.45, 7) is 3.22. The molecular formula is C20H19F3N6O2. The Morgan fingerprint density at radius 1 is 1.00 bits per heavy atom. The highest BCUT2D eigenvalue weighted by Crippen LogP contribution is 2.28. The smallest absolute Gasteiger partial charge is 0.257 e. The summed E-state index contributed by atoms with van der Waals surface area (Å²) in [4.78, 5) is 16.0. The van der Waals surface area contributed by atoms with Gasteiger partial charge in [0.25, 0.3) is 5.91 Å². The highest BCUT2D eigenvalue weighted by molar-refractivity contribution is 5.95. The van der Waals surface area contributed by atoms with E-state index >= 15 is 0 Å². The second-order valence-electron chi connectivity index (χ2n) is 7.00. The average molecular weight is 432 g/mol. The summed E-state index contributed by atoms with van der Waals surface area (Å²) < 4.78 is 48.0. The Morgan fingerprint density at radius 2 is 1.68 bits per heavy atom. The van der Waals surface area contributed by atoms with E-state index in [2.05, 4.69) is 20.0 Å². The number of methoxy groups -OCH3 is 1. The van der Waals surface area contributed by atoms with Crippen LogP contribution in [0.3, 0.4) is 0 Å². The molecule has 0 bridgehead atoms. The lowest BCUT2D eigenvalue weighted by Gasteiger charge is -2.35. The number of hydrogen-bond acceptors (Lipinski definition) is 6. The van der Waals surface area contributed by atoms with Gasteiger partial charge in [-0.25, -0.2) is 13.5 Å². The molecule has 0 aliphatic carbocycles. The first kappa shape index (κ1) is 20.6. The Kier molecular flexibility index (Phi) is 5.49. The fourth-order valence-electron chi connectivity index (χ4n) is 3.38. The molecule has 162 valence electrons. The predicted molar refractivity (Wildman–Crippen MR) is 105 cm³/mol. The third-order valence-corrected chi connectivity index (χ3v) is 5.03. The molecule has 1 fully saturated rings. The van der Waals surface area contributed by atoms with Gasteiger partial charge in [-0.15, -0.1) is 10.2 Å². The Bertz CT molecular complexity index is 1110. The van der Waals surface area contributed by atoms with Crippen LogP contribution in [0.1, 0.15) is 16.1 Å². The Hall–Kier alpha value is -3.63. The van der Waals surface area contributed by atoms with Crippen LogP contribution in [0.2, 0.25) is 0 Å². The number of piperazine rings is 1. The Balaban J connectivity index is 1.44. The van der Waals surface area contributed by atoms with Gasteiger partial charge in [0.1, 0.15) is 0 Å². The van der Waals surface area contributed by atoms with E-state index in [0.29, 0.717) is 30.8 Å². The first-order chi connectivity index (χ1) is 14.9. The molecule has 1 amide bonds. The van der Waals surface area contributed by atoms with Crippen LogP contribution in [-0.4, -0.2) is 64.1 Å². The normalized spacial score (nSPS) is 14.1. The van der Waals surface area contributed by atoms with Crippen LogP contribution in [-0.2, 0) is 0 Å². The van der Waals surface area contributed by atoms with E-state index in [1.54, 1.807) is 23.0 Å². The molecule has 1 aliphatic heterocycles. The summed E-state index contributed by atoms with van der Waals surface area (Å²) >= 11 is 0. The molecular weight excluding hydrogens is 413 g/mol. The summed E-state index contributed by atoms with van der Waals surface area (Å²) in [6, 6.07) is 6.01. The van der Waals surface area contributed by atoms with Gasteiger partial charge >= 0.3 is 0 Å².